The number of carbonyl (C=O) groups excluding carboxylic acids is 1. The molecule has 0 aliphatic carbocycles. The molecule has 1 amide bonds. The van der Waals surface area contributed by atoms with Gasteiger partial charge in [0.15, 0.2) is 11.5 Å². The van der Waals surface area contributed by atoms with Crippen LogP contribution in [0, 0.1) is 5.92 Å². The minimum Gasteiger partial charge on any atom is -0.493 e. The Morgan fingerprint density at radius 2 is 1.96 bits per heavy atom. The lowest BCUT2D eigenvalue weighted by atomic mass is 10.2. The summed E-state index contributed by atoms with van der Waals surface area (Å²) in [4.78, 5) is 12.2. The van der Waals surface area contributed by atoms with E-state index in [4.69, 9.17) is 14.2 Å². The van der Waals surface area contributed by atoms with Gasteiger partial charge in [-0.15, -0.1) is 0 Å². The maximum Gasteiger partial charge on any atom is 0.284 e. The Kier molecular flexibility index (Phi) is 5.73. The molecule has 6 nitrogen and oxygen atoms in total. The van der Waals surface area contributed by atoms with Crippen LogP contribution < -0.4 is 19.6 Å². The zero-order valence-electron chi connectivity index (χ0n) is 14.8. The zero-order valence-corrected chi connectivity index (χ0v) is 14.8. The molecule has 0 saturated heterocycles. The van der Waals surface area contributed by atoms with E-state index in [0.717, 1.165) is 11.3 Å². The molecular weight excluding hydrogens is 332 g/mol. The summed E-state index contributed by atoms with van der Waals surface area (Å²) >= 11 is 0. The number of carbonyl (C=O) groups is 1. The maximum atomic E-state index is 12.2. The van der Waals surface area contributed by atoms with Crippen LogP contribution in [0.25, 0.3) is 0 Å². The molecule has 3 rings (SSSR count). The van der Waals surface area contributed by atoms with E-state index < -0.39 is 6.10 Å². The molecule has 0 bridgehead atoms. The minimum atomic E-state index is -0.728. The fourth-order valence-corrected chi connectivity index (χ4v) is 2.30. The van der Waals surface area contributed by atoms with Crippen molar-refractivity contribution in [1.29, 1.82) is 0 Å². The summed E-state index contributed by atoms with van der Waals surface area (Å²) in [5.41, 5.74) is 3.34. The summed E-state index contributed by atoms with van der Waals surface area (Å²) in [7, 11) is 0. The Balaban J connectivity index is 1.50. The number of nitrogens with one attached hydrogen (secondary N) is 1. The van der Waals surface area contributed by atoms with Crippen LogP contribution in [0.3, 0.4) is 0 Å². The molecule has 2 aromatic carbocycles. The third-order valence-electron chi connectivity index (χ3n) is 3.65. The molecule has 26 heavy (non-hydrogen) atoms. The van der Waals surface area contributed by atoms with E-state index in [2.05, 4.69) is 24.4 Å². The van der Waals surface area contributed by atoms with Gasteiger partial charge < -0.3 is 14.2 Å². The van der Waals surface area contributed by atoms with Crippen molar-refractivity contribution in [3.8, 4) is 17.2 Å². The van der Waals surface area contributed by atoms with Crippen molar-refractivity contribution in [3.05, 3.63) is 54.1 Å². The van der Waals surface area contributed by atoms with Crippen molar-refractivity contribution in [1.82, 2.24) is 5.43 Å². The van der Waals surface area contributed by atoms with Gasteiger partial charge in [-0.2, -0.15) is 5.10 Å². The number of benzene rings is 2. The van der Waals surface area contributed by atoms with E-state index in [1.54, 1.807) is 18.3 Å². The van der Waals surface area contributed by atoms with E-state index in [1.807, 2.05) is 36.4 Å². The van der Waals surface area contributed by atoms with Crippen LogP contribution in [0.4, 0.5) is 0 Å². The highest BCUT2D eigenvalue weighted by Crippen LogP contribution is 2.30. The second-order valence-electron chi connectivity index (χ2n) is 6.37. The van der Waals surface area contributed by atoms with Gasteiger partial charge in [0.1, 0.15) is 12.4 Å². The highest BCUT2D eigenvalue weighted by molar-refractivity contribution is 5.85. The molecule has 1 atom stereocenters. The number of hydrogen-bond acceptors (Lipinski definition) is 5. The second kappa shape index (κ2) is 8.38. The van der Waals surface area contributed by atoms with Gasteiger partial charge in [-0.3, -0.25) is 4.79 Å². The highest BCUT2D eigenvalue weighted by Gasteiger charge is 2.26. The van der Waals surface area contributed by atoms with Crippen LogP contribution in [0.1, 0.15) is 19.4 Å². The maximum absolute atomic E-state index is 12.2. The molecule has 6 heteroatoms. The molecule has 1 heterocycles. The normalized spacial score (nSPS) is 15.9. The smallest absolute Gasteiger partial charge is 0.284 e. The van der Waals surface area contributed by atoms with Gasteiger partial charge >= 0.3 is 0 Å². The molecule has 136 valence electrons. The van der Waals surface area contributed by atoms with Crippen molar-refractivity contribution < 1.29 is 19.0 Å². The SMILES string of the molecule is CC(C)COc1ccc(/C=N\NC(=O)[C@H]2COc3ccccc3O2)cc1. The van der Waals surface area contributed by atoms with Gasteiger partial charge in [0.25, 0.3) is 5.91 Å². The number of hydrogen-bond donors (Lipinski definition) is 1. The molecule has 0 radical (unpaired) electrons. The first-order valence-electron chi connectivity index (χ1n) is 8.56. The van der Waals surface area contributed by atoms with Crippen molar-refractivity contribution >= 4 is 12.1 Å². The Morgan fingerprint density at radius 3 is 2.69 bits per heavy atom. The lowest BCUT2D eigenvalue weighted by Gasteiger charge is -2.24. The number of amides is 1. The summed E-state index contributed by atoms with van der Waals surface area (Å²) in [6, 6.07) is 14.8. The first-order chi connectivity index (χ1) is 12.6. The summed E-state index contributed by atoms with van der Waals surface area (Å²) in [6.07, 6.45) is 0.843. The first-order valence-corrected chi connectivity index (χ1v) is 8.56. The predicted octanol–water partition coefficient (Wildman–Crippen LogP) is 3.01. The number of ether oxygens (including phenoxy) is 3. The predicted molar refractivity (Wildman–Crippen MR) is 98.9 cm³/mol. The van der Waals surface area contributed by atoms with Crippen molar-refractivity contribution in [2.45, 2.75) is 20.0 Å². The van der Waals surface area contributed by atoms with Crippen LogP contribution in [0.15, 0.2) is 53.6 Å². The molecular formula is C20H22N2O4. The van der Waals surface area contributed by atoms with E-state index in [0.29, 0.717) is 24.0 Å². The van der Waals surface area contributed by atoms with Crippen molar-refractivity contribution in [3.63, 3.8) is 0 Å². The molecule has 1 aliphatic rings. The van der Waals surface area contributed by atoms with Crippen LogP contribution in [-0.4, -0.2) is 31.4 Å². The van der Waals surface area contributed by atoms with Gasteiger partial charge in [0, 0.05) is 0 Å². The lowest BCUT2D eigenvalue weighted by Crippen LogP contribution is -2.42. The van der Waals surface area contributed by atoms with Crippen LogP contribution in [0.2, 0.25) is 0 Å². The van der Waals surface area contributed by atoms with Crippen LogP contribution >= 0.6 is 0 Å². The third-order valence-corrected chi connectivity index (χ3v) is 3.65. The van der Waals surface area contributed by atoms with E-state index in [-0.39, 0.29) is 12.5 Å². The number of nitrogens with zero attached hydrogens (tertiary/aromatic N) is 1. The second-order valence-corrected chi connectivity index (χ2v) is 6.37. The minimum absolute atomic E-state index is 0.153. The largest absolute Gasteiger partial charge is 0.493 e. The molecule has 0 spiro atoms. The van der Waals surface area contributed by atoms with E-state index >= 15 is 0 Å². The van der Waals surface area contributed by atoms with E-state index in [1.165, 1.54) is 0 Å². The van der Waals surface area contributed by atoms with E-state index in [9.17, 15) is 4.79 Å². The Hall–Kier alpha value is -3.02. The topological polar surface area (TPSA) is 69.2 Å². The van der Waals surface area contributed by atoms with Gasteiger partial charge in [-0.1, -0.05) is 26.0 Å². The van der Waals surface area contributed by atoms with Crippen LogP contribution in [-0.2, 0) is 4.79 Å². The number of fused-ring (bicyclic) bond motifs is 1. The van der Waals surface area contributed by atoms with Gasteiger partial charge in [-0.05, 0) is 47.9 Å². The molecule has 0 saturated carbocycles. The lowest BCUT2D eigenvalue weighted by molar-refractivity contribution is -0.130. The van der Waals surface area contributed by atoms with Crippen molar-refractivity contribution in [2.75, 3.05) is 13.2 Å². The monoisotopic (exact) mass is 354 g/mol. The highest BCUT2D eigenvalue weighted by atomic mass is 16.6. The standard InChI is InChI=1S/C20H22N2O4/c1-14(2)12-24-16-9-7-15(8-10-16)11-21-22-20(23)19-13-25-17-5-3-4-6-18(17)26-19/h3-11,14,19H,12-13H2,1-2H3,(H,22,23)/b21-11-/t19-/m1/s1. The van der Waals surface area contributed by atoms with Crippen molar-refractivity contribution in [2.24, 2.45) is 11.0 Å². The van der Waals surface area contributed by atoms with Gasteiger partial charge in [0.05, 0.1) is 12.8 Å². The number of para-hydroxylation sites is 2. The quantitative estimate of drug-likeness (QED) is 0.639. The average Bonchev–Trinajstić information content (AvgIpc) is 2.67. The molecule has 1 N–H and O–H groups in total. The molecule has 1 aliphatic heterocycles. The van der Waals surface area contributed by atoms with Gasteiger partial charge in [-0.25, -0.2) is 5.43 Å². The summed E-state index contributed by atoms with van der Waals surface area (Å²) in [5, 5.41) is 3.98. The molecule has 0 unspecified atom stereocenters. The number of hydrazone groups is 1. The summed E-state index contributed by atoms with van der Waals surface area (Å²) in [6.45, 7) is 5.03. The fraction of sp³-hybridized carbons (Fsp3) is 0.300. The molecule has 0 fully saturated rings. The molecule has 2 aromatic rings. The molecule has 0 aromatic heterocycles. The Morgan fingerprint density at radius 1 is 1.23 bits per heavy atom. The summed E-state index contributed by atoms with van der Waals surface area (Å²) < 4.78 is 16.8. The van der Waals surface area contributed by atoms with Gasteiger partial charge in [0.2, 0.25) is 6.10 Å². The Labute approximate surface area is 152 Å². The zero-order chi connectivity index (χ0) is 18.4. The Bertz CT molecular complexity index is 772. The number of rotatable bonds is 6. The first kappa shape index (κ1) is 17.8. The third kappa shape index (κ3) is 4.75. The van der Waals surface area contributed by atoms with Crippen LogP contribution in [0.5, 0.6) is 17.2 Å². The average molecular weight is 354 g/mol. The fourth-order valence-electron chi connectivity index (χ4n) is 2.30. The summed E-state index contributed by atoms with van der Waals surface area (Å²) in [5.74, 6) is 2.13.